The molecule has 1 aromatic carbocycles. The Balaban J connectivity index is 1.96. The molecule has 2 heterocycles. The van der Waals surface area contributed by atoms with Crippen LogP contribution in [-0.2, 0) is 26.0 Å². The molecule has 1 saturated heterocycles. The summed E-state index contributed by atoms with van der Waals surface area (Å²) < 4.78 is 26.4. The lowest BCUT2D eigenvalue weighted by molar-refractivity contribution is -0.140. The van der Waals surface area contributed by atoms with Crippen molar-refractivity contribution in [2.45, 2.75) is 36.6 Å². The Kier molecular flexibility index (Phi) is 3.65. The molecule has 0 radical (unpaired) electrons. The van der Waals surface area contributed by atoms with Gasteiger partial charge >= 0.3 is 5.97 Å². The van der Waals surface area contributed by atoms with Crippen molar-refractivity contribution in [3.63, 3.8) is 0 Å². The highest BCUT2D eigenvalue weighted by atomic mass is 32.2. The van der Waals surface area contributed by atoms with Crippen molar-refractivity contribution in [3.05, 3.63) is 23.8 Å². The highest BCUT2D eigenvalue weighted by Gasteiger charge is 2.39. The van der Waals surface area contributed by atoms with Gasteiger partial charge in [-0.05, 0) is 43.0 Å². The van der Waals surface area contributed by atoms with Crippen molar-refractivity contribution < 1.29 is 23.1 Å². The van der Waals surface area contributed by atoms with E-state index >= 15 is 0 Å². The molecule has 0 spiro atoms. The van der Waals surface area contributed by atoms with Gasteiger partial charge in [0.05, 0.1) is 4.90 Å². The molecular weight excluding hydrogens is 308 g/mol. The fourth-order valence-corrected chi connectivity index (χ4v) is 4.63. The lowest BCUT2D eigenvalue weighted by Crippen LogP contribution is -2.40. The van der Waals surface area contributed by atoms with E-state index < -0.39 is 22.0 Å². The predicted octanol–water partition coefficient (Wildman–Crippen LogP) is 0.809. The fourth-order valence-electron chi connectivity index (χ4n) is 2.93. The third kappa shape index (κ3) is 2.48. The Hall–Kier alpha value is -1.93. The van der Waals surface area contributed by atoms with Crippen LogP contribution >= 0.6 is 0 Å². The molecule has 7 nitrogen and oxygen atoms in total. The lowest BCUT2D eigenvalue weighted by atomic mass is 10.0. The van der Waals surface area contributed by atoms with Crippen molar-refractivity contribution in [3.8, 4) is 0 Å². The van der Waals surface area contributed by atoms with E-state index in [1.165, 1.54) is 12.1 Å². The molecule has 3 rings (SSSR count). The predicted molar refractivity (Wildman–Crippen MR) is 77.9 cm³/mol. The van der Waals surface area contributed by atoms with E-state index in [4.69, 9.17) is 5.11 Å². The maximum Gasteiger partial charge on any atom is 0.322 e. The number of amides is 1. The number of carbonyl (C=O) groups is 2. The van der Waals surface area contributed by atoms with Gasteiger partial charge in [0.25, 0.3) is 0 Å². The Labute approximate surface area is 128 Å². The van der Waals surface area contributed by atoms with E-state index in [1.54, 1.807) is 6.07 Å². The normalized spacial score (nSPS) is 22.2. The summed E-state index contributed by atoms with van der Waals surface area (Å²) in [4.78, 5) is 22.6. The first-order valence-electron chi connectivity index (χ1n) is 7.07. The number of rotatable bonds is 3. The van der Waals surface area contributed by atoms with Crippen LogP contribution in [0.15, 0.2) is 23.1 Å². The number of fused-ring (bicyclic) bond motifs is 1. The van der Waals surface area contributed by atoms with Crippen LogP contribution in [-0.4, -0.2) is 42.3 Å². The standard InChI is InChI=1S/C14H16N2O5S/c17-13-6-3-9-8-10(4-5-11(9)15-13)22(20,21)16-7-1-2-12(16)14(18)19/h4-5,8,12H,1-3,6-7H2,(H,15,17)(H,18,19)/t12-/m1/s1. The third-order valence-corrected chi connectivity index (χ3v) is 5.97. The van der Waals surface area contributed by atoms with E-state index in [1.807, 2.05) is 0 Å². The maximum absolute atomic E-state index is 12.7. The average molecular weight is 324 g/mol. The number of hydrogen-bond acceptors (Lipinski definition) is 4. The van der Waals surface area contributed by atoms with Gasteiger partial charge in [-0.3, -0.25) is 9.59 Å². The molecule has 0 unspecified atom stereocenters. The van der Waals surface area contributed by atoms with Gasteiger partial charge in [-0.25, -0.2) is 8.42 Å². The van der Waals surface area contributed by atoms with Crippen LogP contribution in [0.4, 0.5) is 5.69 Å². The highest BCUT2D eigenvalue weighted by Crippen LogP contribution is 2.30. The SMILES string of the molecule is O=C1CCc2cc(S(=O)(=O)N3CCC[C@@H]3C(=O)O)ccc2N1. The van der Waals surface area contributed by atoms with E-state index in [-0.39, 0.29) is 17.3 Å². The molecule has 1 aromatic rings. The fraction of sp³-hybridized carbons (Fsp3) is 0.429. The minimum absolute atomic E-state index is 0.0792. The second-order valence-electron chi connectivity index (χ2n) is 5.48. The molecule has 2 N–H and O–H groups in total. The molecule has 118 valence electrons. The largest absolute Gasteiger partial charge is 0.480 e. The van der Waals surface area contributed by atoms with Crippen LogP contribution in [0, 0.1) is 0 Å². The first kappa shape index (κ1) is 15.0. The first-order chi connectivity index (χ1) is 10.4. The number of hydrogen-bond donors (Lipinski definition) is 2. The van der Waals surface area contributed by atoms with Crippen molar-refractivity contribution in [2.75, 3.05) is 11.9 Å². The molecule has 0 saturated carbocycles. The number of nitrogens with one attached hydrogen (secondary N) is 1. The van der Waals surface area contributed by atoms with Gasteiger partial charge in [0.1, 0.15) is 6.04 Å². The quantitative estimate of drug-likeness (QED) is 0.856. The number of benzene rings is 1. The number of carboxylic acid groups (broad SMARTS) is 1. The Morgan fingerprint density at radius 1 is 1.32 bits per heavy atom. The topological polar surface area (TPSA) is 104 Å². The van der Waals surface area contributed by atoms with Gasteiger partial charge in [0, 0.05) is 18.7 Å². The number of aliphatic carboxylic acids is 1. The Morgan fingerprint density at radius 2 is 2.09 bits per heavy atom. The average Bonchev–Trinajstić information content (AvgIpc) is 2.97. The number of carbonyl (C=O) groups excluding carboxylic acids is 1. The number of carboxylic acids is 1. The molecule has 1 atom stereocenters. The van der Waals surface area contributed by atoms with E-state index in [0.29, 0.717) is 31.4 Å². The minimum Gasteiger partial charge on any atom is -0.480 e. The summed E-state index contributed by atoms with van der Waals surface area (Å²) in [5, 5.41) is 11.9. The molecule has 0 aromatic heterocycles. The van der Waals surface area contributed by atoms with Gasteiger partial charge in [-0.15, -0.1) is 0 Å². The summed E-state index contributed by atoms with van der Waals surface area (Å²) in [5.41, 5.74) is 1.37. The molecular formula is C14H16N2O5S. The van der Waals surface area contributed by atoms with Gasteiger partial charge < -0.3 is 10.4 Å². The van der Waals surface area contributed by atoms with Gasteiger partial charge in [-0.1, -0.05) is 0 Å². The maximum atomic E-state index is 12.7. The molecule has 2 aliphatic heterocycles. The zero-order chi connectivity index (χ0) is 15.9. The molecule has 22 heavy (non-hydrogen) atoms. The number of aryl methyl sites for hydroxylation is 1. The Bertz CT molecular complexity index is 744. The van der Waals surface area contributed by atoms with Gasteiger partial charge in [-0.2, -0.15) is 4.31 Å². The van der Waals surface area contributed by atoms with Crippen LogP contribution in [0.5, 0.6) is 0 Å². The first-order valence-corrected chi connectivity index (χ1v) is 8.51. The number of anilines is 1. The minimum atomic E-state index is -3.84. The highest BCUT2D eigenvalue weighted by molar-refractivity contribution is 7.89. The molecule has 1 amide bonds. The number of nitrogens with zero attached hydrogens (tertiary/aromatic N) is 1. The van der Waals surface area contributed by atoms with Crippen LogP contribution in [0.2, 0.25) is 0 Å². The summed E-state index contributed by atoms with van der Waals surface area (Å²) in [6.07, 6.45) is 1.66. The zero-order valence-electron chi connectivity index (χ0n) is 11.8. The van der Waals surface area contributed by atoms with Crippen molar-refractivity contribution in [2.24, 2.45) is 0 Å². The van der Waals surface area contributed by atoms with Crippen molar-refractivity contribution in [1.82, 2.24) is 4.31 Å². The van der Waals surface area contributed by atoms with E-state index in [2.05, 4.69) is 5.32 Å². The van der Waals surface area contributed by atoms with E-state index in [9.17, 15) is 18.0 Å². The van der Waals surface area contributed by atoms with E-state index in [0.717, 1.165) is 9.87 Å². The molecule has 8 heteroatoms. The monoisotopic (exact) mass is 324 g/mol. The molecule has 2 aliphatic rings. The molecule has 0 bridgehead atoms. The Morgan fingerprint density at radius 3 is 2.82 bits per heavy atom. The van der Waals surface area contributed by atoms with Gasteiger partial charge in [0.2, 0.25) is 15.9 Å². The summed E-state index contributed by atoms with van der Waals surface area (Å²) in [7, 11) is -3.84. The van der Waals surface area contributed by atoms with Crippen LogP contribution < -0.4 is 5.32 Å². The van der Waals surface area contributed by atoms with Crippen molar-refractivity contribution >= 4 is 27.6 Å². The van der Waals surface area contributed by atoms with Crippen LogP contribution in [0.25, 0.3) is 0 Å². The summed E-state index contributed by atoms with van der Waals surface area (Å²) in [6.45, 7) is 0.215. The molecule has 0 aliphatic carbocycles. The third-order valence-electron chi connectivity index (χ3n) is 4.07. The van der Waals surface area contributed by atoms with Gasteiger partial charge in [0.15, 0.2) is 0 Å². The second-order valence-corrected chi connectivity index (χ2v) is 7.37. The number of sulfonamides is 1. The summed E-state index contributed by atoms with van der Waals surface area (Å²) in [5.74, 6) is -1.21. The lowest BCUT2D eigenvalue weighted by Gasteiger charge is -2.23. The van der Waals surface area contributed by atoms with Crippen LogP contribution in [0.3, 0.4) is 0 Å². The summed E-state index contributed by atoms with van der Waals surface area (Å²) in [6, 6.07) is 3.50. The summed E-state index contributed by atoms with van der Waals surface area (Å²) >= 11 is 0. The molecule has 1 fully saturated rings. The zero-order valence-corrected chi connectivity index (χ0v) is 12.6. The smallest absolute Gasteiger partial charge is 0.322 e. The second kappa shape index (κ2) is 5.36. The van der Waals surface area contributed by atoms with Crippen molar-refractivity contribution in [1.29, 1.82) is 0 Å². The van der Waals surface area contributed by atoms with Crippen LogP contribution in [0.1, 0.15) is 24.8 Å².